The number of aromatic nitrogens is 2. The van der Waals surface area contributed by atoms with E-state index < -0.39 is 0 Å². The van der Waals surface area contributed by atoms with E-state index in [4.69, 9.17) is 4.52 Å². The molecule has 4 nitrogen and oxygen atoms in total. The molecule has 2 fully saturated rings. The molecular weight excluding hydrogens is 248 g/mol. The number of hydrogen-bond donors (Lipinski definition) is 0. The van der Waals surface area contributed by atoms with Crippen LogP contribution in [0.4, 0.5) is 0 Å². The van der Waals surface area contributed by atoms with E-state index in [1.807, 2.05) is 11.8 Å². The van der Waals surface area contributed by atoms with E-state index in [1.165, 1.54) is 18.6 Å². The number of nitrogens with zero attached hydrogens (tertiary/aromatic N) is 2. The van der Waals surface area contributed by atoms with Gasteiger partial charge in [0.25, 0.3) is 0 Å². The maximum Gasteiger partial charge on any atom is 0.229 e. The minimum atomic E-state index is 0.303. The van der Waals surface area contributed by atoms with Crippen LogP contribution in [0.1, 0.15) is 67.8 Å². The first-order valence-corrected chi connectivity index (χ1v) is 7.84. The van der Waals surface area contributed by atoms with Crippen LogP contribution in [-0.2, 0) is 4.79 Å². The predicted molar refractivity (Wildman–Crippen MR) is 69.6 cm³/mol. The van der Waals surface area contributed by atoms with Crippen LogP contribution >= 0.6 is 11.8 Å². The molecule has 2 aliphatic rings. The van der Waals surface area contributed by atoms with Gasteiger partial charge in [0.15, 0.2) is 5.82 Å². The number of ketones is 1. The van der Waals surface area contributed by atoms with Crippen molar-refractivity contribution < 1.29 is 9.32 Å². The Hall–Kier alpha value is -0.840. The zero-order valence-electron chi connectivity index (χ0n) is 10.4. The molecule has 0 aromatic carbocycles. The quantitative estimate of drug-likeness (QED) is 0.822. The van der Waals surface area contributed by atoms with E-state index in [-0.39, 0.29) is 0 Å². The molecule has 1 saturated heterocycles. The SMILES string of the molecule is O=C1CCC(c2nc(C3CCCCS3)no2)CC1. The molecule has 1 aliphatic carbocycles. The molecule has 18 heavy (non-hydrogen) atoms. The van der Waals surface area contributed by atoms with Crippen LogP contribution in [0.5, 0.6) is 0 Å². The van der Waals surface area contributed by atoms with E-state index in [2.05, 4.69) is 10.1 Å². The highest BCUT2D eigenvalue weighted by Crippen LogP contribution is 2.38. The number of Topliss-reactive ketones (excluding diaryl/α,β-unsaturated/α-hetero) is 1. The smallest absolute Gasteiger partial charge is 0.229 e. The van der Waals surface area contributed by atoms with Gasteiger partial charge in [0.2, 0.25) is 5.89 Å². The van der Waals surface area contributed by atoms with E-state index >= 15 is 0 Å². The molecule has 0 radical (unpaired) electrons. The topological polar surface area (TPSA) is 56.0 Å². The molecule has 3 rings (SSSR count). The highest BCUT2D eigenvalue weighted by atomic mass is 32.2. The Morgan fingerprint density at radius 3 is 2.72 bits per heavy atom. The van der Waals surface area contributed by atoms with Gasteiger partial charge in [-0.25, -0.2) is 0 Å². The van der Waals surface area contributed by atoms with Gasteiger partial charge in [0.1, 0.15) is 5.78 Å². The number of carbonyl (C=O) groups excluding carboxylic acids is 1. The summed E-state index contributed by atoms with van der Waals surface area (Å²) in [5.74, 6) is 3.49. The van der Waals surface area contributed by atoms with Crippen LogP contribution in [0.25, 0.3) is 0 Å². The summed E-state index contributed by atoms with van der Waals surface area (Å²) in [6.45, 7) is 0. The largest absolute Gasteiger partial charge is 0.339 e. The fourth-order valence-electron chi connectivity index (χ4n) is 2.67. The summed E-state index contributed by atoms with van der Waals surface area (Å²) in [5, 5.41) is 4.56. The Labute approximate surface area is 111 Å². The second-order valence-corrected chi connectivity index (χ2v) is 6.47. The van der Waals surface area contributed by atoms with Crippen molar-refractivity contribution in [1.29, 1.82) is 0 Å². The lowest BCUT2D eigenvalue weighted by Gasteiger charge is -2.18. The first-order chi connectivity index (χ1) is 8.83. The second-order valence-electron chi connectivity index (χ2n) is 5.16. The van der Waals surface area contributed by atoms with Gasteiger partial charge in [-0.15, -0.1) is 0 Å². The van der Waals surface area contributed by atoms with Crippen LogP contribution in [0.2, 0.25) is 0 Å². The number of carbonyl (C=O) groups is 1. The van der Waals surface area contributed by atoms with Gasteiger partial charge in [-0.3, -0.25) is 4.79 Å². The minimum absolute atomic E-state index is 0.303. The Bertz CT molecular complexity index is 416. The maximum absolute atomic E-state index is 11.2. The van der Waals surface area contributed by atoms with Crippen LogP contribution in [-0.4, -0.2) is 21.7 Å². The first-order valence-electron chi connectivity index (χ1n) is 6.80. The van der Waals surface area contributed by atoms with Gasteiger partial charge < -0.3 is 4.52 Å². The first kappa shape index (κ1) is 12.2. The summed E-state index contributed by atoms with van der Waals surface area (Å²) in [7, 11) is 0. The van der Waals surface area contributed by atoms with E-state index in [0.29, 0.717) is 29.8 Å². The number of thioether (sulfide) groups is 1. The van der Waals surface area contributed by atoms with E-state index in [1.54, 1.807) is 0 Å². The Morgan fingerprint density at radius 1 is 1.17 bits per heavy atom. The lowest BCUT2D eigenvalue weighted by Crippen LogP contribution is -2.12. The molecule has 5 heteroatoms. The Morgan fingerprint density at radius 2 is 2.00 bits per heavy atom. The zero-order valence-corrected chi connectivity index (χ0v) is 11.2. The van der Waals surface area contributed by atoms with Crippen LogP contribution < -0.4 is 0 Å². The second kappa shape index (κ2) is 5.43. The third-order valence-corrected chi connectivity index (χ3v) is 5.19. The lowest BCUT2D eigenvalue weighted by molar-refractivity contribution is -0.120. The molecule has 0 amide bonds. The number of hydrogen-bond acceptors (Lipinski definition) is 5. The number of rotatable bonds is 2. The Balaban J connectivity index is 1.67. The third-order valence-electron chi connectivity index (χ3n) is 3.82. The third kappa shape index (κ3) is 2.60. The summed E-state index contributed by atoms with van der Waals surface area (Å²) in [4.78, 5) is 15.8. The van der Waals surface area contributed by atoms with Crippen molar-refractivity contribution in [2.75, 3.05) is 5.75 Å². The van der Waals surface area contributed by atoms with Crippen molar-refractivity contribution in [3.63, 3.8) is 0 Å². The molecule has 98 valence electrons. The monoisotopic (exact) mass is 266 g/mol. The van der Waals surface area contributed by atoms with Gasteiger partial charge >= 0.3 is 0 Å². The Kier molecular flexibility index (Phi) is 3.68. The molecule has 1 atom stereocenters. The fourth-order valence-corrected chi connectivity index (χ4v) is 3.91. The summed E-state index contributed by atoms with van der Waals surface area (Å²) < 4.78 is 5.41. The van der Waals surface area contributed by atoms with Crippen molar-refractivity contribution in [2.45, 2.75) is 56.1 Å². The van der Waals surface area contributed by atoms with Crippen molar-refractivity contribution in [1.82, 2.24) is 10.1 Å². The van der Waals surface area contributed by atoms with E-state index in [0.717, 1.165) is 31.0 Å². The summed E-state index contributed by atoms with van der Waals surface area (Å²) in [6, 6.07) is 0. The fraction of sp³-hybridized carbons (Fsp3) is 0.769. The average Bonchev–Trinajstić information content (AvgIpc) is 2.90. The average molecular weight is 266 g/mol. The normalized spacial score (nSPS) is 26.4. The van der Waals surface area contributed by atoms with Gasteiger partial charge in [-0.1, -0.05) is 11.6 Å². The maximum atomic E-state index is 11.2. The molecule has 0 spiro atoms. The molecular formula is C13H18N2O2S. The molecule has 1 aromatic heterocycles. The van der Waals surface area contributed by atoms with Crippen LogP contribution in [0.3, 0.4) is 0 Å². The van der Waals surface area contributed by atoms with Gasteiger partial charge in [0, 0.05) is 18.8 Å². The van der Waals surface area contributed by atoms with Gasteiger partial charge in [-0.2, -0.15) is 16.7 Å². The van der Waals surface area contributed by atoms with Crippen molar-refractivity contribution in [3.8, 4) is 0 Å². The predicted octanol–water partition coefficient (Wildman–Crippen LogP) is 3.25. The van der Waals surface area contributed by atoms with Gasteiger partial charge in [0.05, 0.1) is 5.25 Å². The van der Waals surface area contributed by atoms with Crippen LogP contribution in [0.15, 0.2) is 4.52 Å². The summed E-state index contributed by atoms with van der Waals surface area (Å²) in [5.41, 5.74) is 0. The molecule has 1 unspecified atom stereocenters. The van der Waals surface area contributed by atoms with Crippen LogP contribution in [0, 0.1) is 0 Å². The molecule has 0 bridgehead atoms. The minimum Gasteiger partial charge on any atom is -0.339 e. The van der Waals surface area contributed by atoms with Gasteiger partial charge in [-0.05, 0) is 31.4 Å². The highest BCUT2D eigenvalue weighted by Gasteiger charge is 2.27. The molecule has 2 heterocycles. The summed E-state index contributed by atoms with van der Waals surface area (Å²) in [6.07, 6.45) is 6.81. The summed E-state index contributed by atoms with van der Waals surface area (Å²) >= 11 is 1.94. The van der Waals surface area contributed by atoms with E-state index in [9.17, 15) is 4.79 Å². The van der Waals surface area contributed by atoms with Crippen molar-refractivity contribution in [2.24, 2.45) is 0 Å². The molecule has 1 aliphatic heterocycles. The van der Waals surface area contributed by atoms with Crippen molar-refractivity contribution in [3.05, 3.63) is 11.7 Å². The molecule has 0 N–H and O–H groups in total. The highest BCUT2D eigenvalue weighted by molar-refractivity contribution is 7.99. The van der Waals surface area contributed by atoms with Crippen molar-refractivity contribution >= 4 is 17.5 Å². The zero-order chi connectivity index (χ0) is 12.4. The molecule has 1 saturated carbocycles. The molecule has 1 aromatic rings. The lowest BCUT2D eigenvalue weighted by atomic mass is 9.88. The standard InChI is InChI=1S/C13H18N2O2S/c16-10-6-4-9(5-7-10)13-14-12(15-17-13)11-3-1-2-8-18-11/h9,11H,1-8H2.